The Hall–Kier alpha value is -4.29. The van der Waals surface area contributed by atoms with Gasteiger partial charge in [-0.05, 0) is 25.1 Å². The second-order valence-corrected chi connectivity index (χ2v) is 6.68. The number of alkyl halides is 3. The molecule has 0 aliphatic heterocycles. The number of hydrogen-bond donors (Lipinski definition) is 1. The second kappa shape index (κ2) is 8.33. The van der Waals surface area contributed by atoms with Gasteiger partial charge in [0.05, 0.1) is 37.0 Å². The number of methoxy groups -OCH3 is 1. The van der Waals surface area contributed by atoms with Crippen molar-refractivity contribution < 1.29 is 27.1 Å². The van der Waals surface area contributed by atoms with E-state index in [2.05, 4.69) is 20.3 Å². The van der Waals surface area contributed by atoms with Crippen molar-refractivity contribution in [2.75, 3.05) is 7.11 Å². The van der Waals surface area contributed by atoms with E-state index in [1.165, 1.54) is 50.8 Å². The summed E-state index contributed by atoms with van der Waals surface area (Å²) in [5.41, 5.74) is -2.42. The van der Waals surface area contributed by atoms with Gasteiger partial charge in [-0.25, -0.2) is 9.67 Å². The number of nitrogens with zero attached hydrogens (tertiary/aromatic N) is 6. The molecule has 1 N–H and O–H groups in total. The highest BCUT2D eigenvalue weighted by Crippen LogP contribution is 2.36. The Balaban J connectivity index is 1.81. The summed E-state index contributed by atoms with van der Waals surface area (Å²) in [5.74, 6) is -2.34. The van der Waals surface area contributed by atoms with Gasteiger partial charge in [-0.15, -0.1) is 0 Å². The maximum absolute atomic E-state index is 14.5. The van der Waals surface area contributed by atoms with Gasteiger partial charge in [0.15, 0.2) is 5.69 Å². The minimum absolute atomic E-state index is 0.0347. The predicted octanol–water partition coefficient (Wildman–Crippen LogP) is 3.58. The maximum Gasteiger partial charge on any atom is 0.434 e. The smallest absolute Gasteiger partial charge is 0.434 e. The molecule has 0 aliphatic rings. The van der Waals surface area contributed by atoms with Gasteiger partial charge in [-0.3, -0.25) is 10.1 Å². The molecular weight excluding hydrogens is 446 g/mol. The minimum atomic E-state index is -4.98. The van der Waals surface area contributed by atoms with Crippen LogP contribution in [0.4, 0.5) is 17.6 Å². The highest BCUT2D eigenvalue weighted by Gasteiger charge is 2.41. The number of aromatic nitrogens is 6. The molecule has 0 bridgehead atoms. The van der Waals surface area contributed by atoms with Crippen LogP contribution in [-0.2, 0) is 6.18 Å². The normalized spacial score (nSPS) is 12.5. The molecule has 3 aromatic heterocycles. The number of ether oxygens (including phenoxy) is 1. The molecule has 0 atom stereocenters. The monoisotopic (exact) mass is 461 g/mol. The standard InChI is InChI=1S/C20H15F4N7O2/c1-11(31-26-8-9-27-31)17(21)29-18(32)14-10-28-30(16(14)20(22,23)24)15-5-3-4-13-12(15)6-7-25-19(13)33-2/h3-10H,1-2H3,(H,29,32). The van der Waals surface area contributed by atoms with E-state index in [1.54, 1.807) is 11.4 Å². The third-order valence-corrected chi connectivity index (χ3v) is 4.71. The largest absolute Gasteiger partial charge is 0.481 e. The molecule has 1 aromatic carbocycles. The SMILES string of the molecule is COc1nccc2c(-n3ncc(C(=O)NC(F)=C(C)n4nccn4)c3C(F)(F)F)cccc12. The number of allylic oxidation sites excluding steroid dienone is 1. The van der Waals surface area contributed by atoms with Crippen LogP contribution in [0.15, 0.2) is 55.0 Å². The molecule has 4 rings (SSSR count). The fraction of sp³-hybridized carbons (Fsp3) is 0.150. The quantitative estimate of drug-likeness (QED) is 0.360. The number of amides is 1. The third-order valence-electron chi connectivity index (χ3n) is 4.71. The van der Waals surface area contributed by atoms with Crippen LogP contribution in [0, 0.1) is 0 Å². The van der Waals surface area contributed by atoms with Gasteiger partial charge in [-0.2, -0.15) is 37.7 Å². The van der Waals surface area contributed by atoms with Crippen molar-refractivity contribution in [1.82, 2.24) is 35.1 Å². The Labute approximate surface area is 183 Å². The molecule has 1 amide bonds. The van der Waals surface area contributed by atoms with Crippen LogP contribution in [0.3, 0.4) is 0 Å². The summed E-state index contributed by atoms with van der Waals surface area (Å²) >= 11 is 0. The molecule has 33 heavy (non-hydrogen) atoms. The first-order valence-electron chi connectivity index (χ1n) is 9.34. The first-order valence-corrected chi connectivity index (χ1v) is 9.34. The number of halogens is 4. The van der Waals surface area contributed by atoms with Crippen molar-refractivity contribution in [1.29, 1.82) is 0 Å². The lowest BCUT2D eigenvalue weighted by Gasteiger charge is -2.15. The van der Waals surface area contributed by atoms with Crippen LogP contribution in [-0.4, -0.2) is 42.8 Å². The second-order valence-electron chi connectivity index (χ2n) is 6.68. The maximum atomic E-state index is 14.5. The van der Waals surface area contributed by atoms with Crippen molar-refractivity contribution >= 4 is 22.4 Å². The highest BCUT2D eigenvalue weighted by atomic mass is 19.4. The lowest BCUT2D eigenvalue weighted by Crippen LogP contribution is -2.26. The fourth-order valence-electron chi connectivity index (χ4n) is 3.22. The van der Waals surface area contributed by atoms with E-state index in [9.17, 15) is 22.4 Å². The van der Waals surface area contributed by atoms with Crippen LogP contribution in [0.5, 0.6) is 5.88 Å². The highest BCUT2D eigenvalue weighted by molar-refractivity contribution is 5.98. The molecule has 9 nitrogen and oxygen atoms in total. The van der Waals surface area contributed by atoms with Crippen LogP contribution in [0.25, 0.3) is 22.2 Å². The number of hydrogen-bond acceptors (Lipinski definition) is 6. The molecular formula is C20H15F4N7O2. The van der Waals surface area contributed by atoms with E-state index in [4.69, 9.17) is 4.74 Å². The Morgan fingerprint density at radius 2 is 1.79 bits per heavy atom. The zero-order valence-corrected chi connectivity index (χ0v) is 17.1. The average molecular weight is 461 g/mol. The van der Waals surface area contributed by atoms with E-state index < -0.39 is 29.3 Å². The van der Waals surface area contributed by atoms with Gasteiger partial charge in [-0.1, -0.05) is 6.07 Å². The molecule has 0 spiro atoms. The summed E-state index contributed by atoms with van der Waals surface area (Å²) in [6.07, 6.45) is -0.328. The van der Waals surface area contributed by atoms with Crippen LogP contribution in [0.2, 0.25) is 0 Å². The Morgan fingerprint density at radius 1 is 1.06 bits per heavy atom. The van der Waals surface area contributed by atoms with Crippen LogP contribution in [0.1, 0.15) is 23.0 Å². The molecule has 0 fully saturated rings. The number of carbonyl (C=O) groups is 1. The van der Waals surface area contributed by atoms with E-state index in [-0.39, 0.29) is 17.3 Å². The number of carbonyl (C=O) groups excluding carboxylic acids is 1. The van der Waals surface area contributed by atoms with Crippen LogP contribution >= 0.6 is 0 Å². The molecule has 0 aliphatic carbocycles. The first kappa shape index (κ1) is 21.9. The number of rotatable bonds is 5. The molecule has 0 saturated carbocycles. The minimum Gasteiger partial charge on any atom is -0.481 e. The molecule has 4 aromatic rings. The zero-order chi connectivity index (χ0) is 23.8. The lowest BCUT2D eigenvalue weighted by molar-refractivity contribution is -0.143. The van der Waals surface area contributed by atoms with E-state index in [0.717, 1.165) is 11.0 Å². The van der Waals surface area contributed by atoms with Crippen molar-refractivity contribution in [3.05, 3.63) is 66.3 Å². The van der Waals surface area contributed by atoms with Gasteiger partial charge in [0.25, 0.3) is 5.91 Å². The van der Waals surface area contributed by atoms with E-state index >= 15 is 0 Å². The van der Waals surface area contributed by atoms with Crippen LogP contribution < -0.4 is 10.1 Å². The number of pyridine rings is 1. The van der Waals surface area contributed by atoms with Gasteiger partial charge in [0.1, 0.15) is 5.70 Å². The molecule has 3 heterocycles. The zero-order valence-electron chi connectivity index (χ0n) is 17.1. The Morgan fingerprint density at radius 3 is 2.45 bits per heavy atom. The van der Waals surface area contributed by atoms with Gasteiger partial charge in [0.2, 0.25) is 11.8 Å². The number of fused-ring (bicyclic) bond motifs is 1. The molecule has 0 unspecified atom stereocenters. The summed E-state index contributed by atoms with van der Waals surface area (Å²) in [7, 11) is 1.38. The summed E-state index contributed by atoms with van der Waals surface area (Å²) in [5, 5.41) is 13.8. The number of nitrogens with one attached hydrogen (secondary N) is 1. The summed E-state index contributed by atoms with van der Waals surface area (Å²) in [6, 6.07) is 6.03. The molecule has 0 saturated heterocycles. The number of benzene rings is 1. The molecule has 0 radical (unpaired) electrons. The average Bonchev–Trinajstić information content (AvgIpc) is 3.47. The summed E-state index contributed by atoms with van der Waals surface area (Å²) in [4.78, 5) is 17.5. The van der Waals surface area contributed by atoms with Gasteiger partial charge >= 0.3 is 6.18 Å². The fourth-order valence-corrected chi connectivity index (χ4v) is 3.22. The Kier molecular flexibility index (Phi) is 5.54. The molecule has 170 valence electrons. The molecule has 13 heteroatoms. The van der Waals surface area contributed by atoms with E-state index in [0.29, 0.717) is 15.5 Å². The van der Waals surface area contributed by atoms with Gasteiger partial charge < -0.3 is 4.74 Å². The lowest BCUT2D eigenvalue weighted by atomic mass is 10.1. The van der Waals surface area contributed by atoms with Gasteiger partial charge in [0, 0.05) is 17.0 Å². The Bertz CT molecular complexity index is 1360. The first-order chi connectivity index (χ1) is 15.7. The van der Waals surface area contributed by atoms with E-state index in [1.807, 2.05) is 0 Å². The predicted molar refractivity (Wildman–Crippen MR) is 108 cm³/mol. The summed E-state index contributed by atoms with van der Waals surface area (Å²) in [6.45, 7) is 1.25. The third kappa shape index (κ3) is 4.00. The van der Waals surface area contributed by atoms with Crippen molar-refractivity contribution in [3.63, 3.8) is 0 Å². The summed E-state index contributed by atoms with van der Waals surface area (Å²) < 4.78 is 62.4. The van der Waals surface area contributed by atoms with Crippen molar-refractivity contribution in [3.8, 4) is 11.6 Å². The van der Waals surface area contributed by atoms with Crippen molar-refractivity contribution in [2.24, 2.45) is 0 Å². The van der Waals surface area contributed by atoms with Crippen molar-refractivity contribution in [2.45, 2.75) is 13.1 Å². The topological polar surface area (TPSA) is 99.8 Å².